The molecule has 2 aromatic carbocycles. The third kappa shape index (κ3) is 6.64. The Balaban J connectivity index is 1.84. The van der Waals surface area contributed by atoms with Gasteiger partial charge in [-0.05, 0) is 23.3 Å². The number of primary amides is 1. The summed E-state index contributed by atoms with van der Waals surface area (Å²) in [7, 11) is 1.42. The van der Waals surface area contributed by atoms with Crippen LogP contribution in [0, 0.1) is 0 Å². The number of likely N-dealkylation sites (N-methyl/N-ethyl adjacent to an activating group) is 1. The highest BCUT2D eigenvalue weighted by Crippen LogP contribution is 2.11. The highest BCUT2D eigenvalue weighted by Gasteiger charge is 2.21. The van der Waals surface area contributed by atoms with Crippen LogP contribution < -0.4 is 11.1 Å². The van der Waals surface area contributed by atoms with E-state index in [0.717, 1.165) is 16.0 Å². The molecule has 0 saturated heterocycles. The van der Waals surface area contributed by atoms with Crippen molar-refractivity contribution in [3.05, 3.63) is 65.7 Å². The van der Waals surface area contributed by atoms with Crippen LogP contribution >= 0.6 is 0 Å². The van der Waals surface area contributed by atoms with Gasteiger partial charge in [0.1, 0.15) is 24.9 Å². The Labute approximate surface area is 162 Å². The van der Waals surface area contributed by atoms with Gasteiger partial charge in [0.25, 0.3) is 0 Å². The monoisotopic (exact) mass is 385 g/mol. The van der Waals surface area contributed by atoms with Crippen molar-refractivity contribution in [1.29, 1.82) is 0 Å². The number of rotatable bonds is 8. The highest BCUT2D eigenvalue weighted by molar-refractivity contribution is 5.88. The molecule has 0 saturated carbocycles. The Hall–Kier alpha value is -3.55. The van der Waals surface area contributed by atoms with Crippen molar-refractivity contribution in [2.45, 2.75) is 19.1 Å². The topological polar surface area (TPSA) is 122 Å². The Kier molecular flexibility index (Phi) is 7.38. The molecule has 0 aliphatic heterocycles. The van der Waals surface area contributed by atoms with E-state index in [1.54, 1.807) is 12.1 Å². The van der Waals surface area contributed by atoms with Crippen molar-refractivity contribution < 1.29 is 24.2 Å². The number of phenols is 1. The first-order chi connectivity index (χ1) is 13.3. The number of aromatic hydroxyl groups is 1. The number of nitrogens with two attached hydrogens (primary N) is 1. The van der Waals surface area contributed by atoms with E-state index in [9.17, 15) is 19.5 Å². The van der Waals surface area contributed by atoms with Crippen molar-refractivity contribution in [2.24, 2.45) is 5.73 Å². The summed E-state index contributed by atoms with van der Waals surface area (Å²) in [5, 5.41) is 11.8. The van der Waals surface area contributed by atoms with Crippen LogP contribution in [0.25, 0.3) is 0 Å². The van der Waals surface area contributed by atoms with Crippen LogP contribution in [-0.2, 0) is 27.4 Å². The number of nitrogens with zero attached hydrogens (tertiary/aromatic N) is 1. The maximum Gasteiger partial charge on any atom is 0.410 e. The molecule has 0 bridgehead atoms. The zero-order valence-corrected chi connectivity index (χ0v) is 15.5. The van der Waals surface area contributed by atoms with Gasteiger partial charge in [-0.1, -0.05) is 42.5 Å². The van der Waals surface area contributed by atoms with Gasteiger partial charge in [-0.25, -0.2) is 4.79 Å². The molecule has 0 aromatic heterocycles. The van der Waals surface area contributed by atoms with E-state index in [-0.39, 0.29) is 25.3 Å². The first-order valence-electron chi connectivity index (χ1n) is 8.63. The van der Waals surface area contributed by atoms with Crippen LogP contribution in [0.4, 0.5) is 4.79 Å². The summed E-state index contributed by atoms with van der Waals surface area (Å²) < 4.78 is 5.14. The first kappa shape index (κ1) is 20.8. The molecule has 0 unspecified atom stereocenters. The average molecular weight is 385 g/mol. The molecule has 0 heterocycles. The van der Waals surface area contributed by atoms with Gasteiger partial charge in [0.05, 0.1) is 0 Å². The summed E-state index contributed by atoms with van der Waals surface area (Å²) in [4.78, 5) is 36.9. The summed E-state index contributed by atoms with van der Waals surface area (Å²) in [6.07, 6.45) is -0.489. The molecule has 0 aliphatic rings. The van der Waals surface area contributed by atoms with Gasteiger partial charge >= 0.3 is 6.09 Å². The number of carbonyl (C=O) groups is 3. The molecule has 0 spiro atoms. The number of hydrogen-bond donors (Lipinski definition) is 3. The summed E-state index contributed by atoms with van der Waals surface area (Å²) in [6, 6.07) is 14.4. The minimum absolute atomic E-state index is 0.0936. The molecule has 28 heavy (non-hydrogen) atoms. The number of nitrogens with one attached hydrogen (secondary N) is 1. The summed E-state index contributed by atoms with van der Waals surface area (Å²) >= 11 is 0. The van der Waals surface area contributed by atoms with Gasteiger partial charge in [-0.2, -0.15) is 0 Å². The summed E-state index contributed by atoms with van der Waals surface area (Å²) in [5.41, 5.74) is 6.91. The van der Waals surface area contributed by atoms with Crippen molar-refractivity contribution in [3.8, 4) is 5.75 Å². The second kappa shape index (κ2) is 9.96. The number of hydrogen-bond acceptors (Lipinski definition) is 5. The maximum absolute atomic E-state index is 12.2. The van der Waals surface area contributed by atoms with E-state index in [4.69, 9.17) is 10.5 Å². The molecule has 148 valence electrons. The first-order valence-corrected chi connectivity index (χ1v) is 8.63. The van der Waals surface area contributed by atoms with Gasteiger partial charge in [0, 0.05) is 13.5 Å². The third-order valence-electron chi connectivity index (χ3n) is 3.95. The standard InChI is InChI=1S/C20H23N3O5/c1-23(20(27)28-13-15-5-3-2-4-6-15)12-18(25)22-17(19(21)26)11-14-7-9-16(24)10-8-14/h2-10,17,24H,11-13H2,1H3,(H2,21,26)(H,22,25)/t17-/m0/s1. The molecular formula is C20H23N3O5. The molecule has 2 rings (SSSR count). The fourth-order valence-electron chi connectivity index (χ4n) is 2.44. The van der Waals surface area contributed by atoms with Crippen LogP contribution in [0.1, 0.15) is 11.1 Å². The number of ether oxygens (including phenoxy) is 1. The number of carbonyl (C=O) groups excluding carboxylic acids is 3. The second-order valence-electron chi connectivity index (χ2n) is 6.29. The van der Waals surface area contributed by atoms with Crippen LogP contribution in [0.3, 0.4) is 0 Å². The van der Waals surface area contributed by atoms with Crippen molar-refractivity contribution in [3.63, 3.8) is 0 Å². The van der Waals surface area contributed by atoms with E-state index in [0.29, 0.717) is 0 Å². The molecule has 4 N–H and O–H groups in total. The highest BCUT2D eigenvalue weighted by atomic mass is 16.6. The van der Waals surface area contributed by atoms with Crippen LogP contribution in [-0.4, -0.2) is 47.5 Å². The number of benzene rings is 2. The van der Waals surface area contributed by atoms with Crippen LogP contribution in [0.15, 0.2) is 54.6 Å². The third-order valence-corrected chi connectivity index (χ3v) is 3.95. The molecular weight excluding hydrogens is 362 g/mol. The fraction of sp³-hybridized carbons (Fsp3) is 0.250. The predicted octanol–water partition coefficient (Wildman–Crippen LogP) is 1.17. The van der Waals surface area contributed by atoms with Crippen molar-refractivity contribution in [1.82, 2.24) is 10.2 Å². The lowest BCUT2D eigenvalue weighted by molar-refractivity contribution is -0.127. The Morgan fingerprint density at radius 1 is 1.07 bits per heavy atom. The molecule has 8 nitrogen and oxygen atoms in total. The normalized spacial score (nSPS) is 11.3. The molecule has 1 atom stereocenters. The fourth-order valence-corrected chi connectivity index (χ4v) is 2.44. The lowest BCUT2D eigenvalue weighted by Gasteiger charge is -2.20. The van der Waals surface area contributed by atoms with Crippen molar-refractivity contribution >= 4 is 17.9 Å². The van der Waals surface area contributed by atoms with Gasteiger partial charge in [0.2, 0.25) is 11.8 Å². The van der Waals surface area contributed by atoms with E-state index >= 15 is 0 Å². The lowest BCUT2D eigenvalue weighted by Crippen LogP contribution is -2.49. The number of amides is 3. The van der Waals surface area contributed by atoms with E-state index < -0.39 is 23.9 Å². The predicted molar refractivity (Wildman–Crippen MR) is 102 cm³/mol. The maximum atomic E-state index is 12.2. The molecule has 2 aromatic rings. The Morgan fingerprint density at radius 3 is 2.32 bits per heavy atom. The van der Waals surface area contributed by atoms with E-state index in [2.05, 4.69) is 5.32 Å². The zero-order valence-electron chi connectivity index (χ0n) is 15.5. The largest absolute Gasteiger partial charge is 0.508 e. The minimum atomic E-state index is -0.939. The lowest BCUT2D eigenvalue weighted by atomic mass is 10.1. The van der Waals surface area contributed by atoms with Gasteiger partial charge < -0.3 is 25.8 Å². The van der Waals surface area contributed by atoms with Crippen LogP contribution in [0.5, 0.6) is 5.75 Å². The molecule has 3 amide bonds. The van der Waals surface area contributed by atoms with Crippen molar-refractivity contribution in [2.75, 3.05) is 13.6 Å². The minimum Gasteiger partial charge on any atom is -0.508 e. The SMILES string of the molecule is CN(CC(=O)N[C@@H](Cc1ccc(O)cc1)C(N)=O)C(=O)OCc1ccccc1. The molecule has 8 heteroatoms. The van der Waals surface area contributed by atoms with Crippen LogP contribution in [0.2, 0.25) is 0 Å². The molecule has 0 aliphatic carbocycles. The van der Waals surface area contributed by atoms with Gasteiger partial charge in [0.15, 0.2) is 0 Å². The molecule has 0 radical (unpaired) electrons. The average Bonchev–Trinajstić information content (AvgIpc) is 2.67. The van der Waals surface area contributed by atoms with Gasteiger partial charge in [-0.15, -0.1) is 0 Å². The Morgan fingerprint density at radius 2 is 1.71 bits per heavy atom. The van der Waals surface area contributed by atoms with Gasteiger partial charge in [-0.3, -0.25) is 9.59 Å². The number of phenolic OH excluding ortho intramolecular Hbond substituents is 1. The zero-order chi connectivity index (χ0) is 20.5. The van der Waals surface area contributed by atoms with E-state index in [1.807, 2.05) is 30.3 Å². The smallest absolute Gasteiger partial charge is 0.410 e. The molecule has 0 fully saturated rings. The van der Waals surface area contributed by atoms with E-state index in [1.165, 1.54) is 19.2 Å². The summed E-state index contributed by atoms with van der Waals surface area (Å²) in [6.45, 7) is -0.191. The Bertz CT molecular complexity index is 808. The second-order valence-corrected chi connectivity index (χ2v) is 6.29. The quantitative estimate of drug-likeness (QED) is 0.630. The summed E-state index contributed by atoms with van der Waals surface area (Å²) in [5.74, 6) is -1.14.